The fourth-order valence-corrected chi connectivity index (χ4v) is 1.93. The van der Waals surface area contributed by atoms with Crippen molar-refractivity contribution >= 4 is 30.7 Å². The Bertz CT molecular complexity index is 362. The third-order valence-corrected chi connectivity index (χ3v) is 3.07. The van der Waals surface area contributed by atoms with Crippen molar-refractivity contribution in [2.45, 2.75) is 19.4 Å². The zero-order chi connectivity index (χ0) is 11.4. The second-order valence-corrected chi connectivity index (χ2v) is 4.29. The summed E-state index contributed by atoms with van der Waals surface area (Å²) in [6.45, 7) is 4.07. The lowest BCUT2D eigenvalue weighted by molar-refractivity contribution is 0.0915. The second kappa shape index (κ2) is 8.29. The molecule has 18 heavy (non-hydrogen) atoms. The van der Waals surface area contributed by atoms with E-state index in [4.69, 9.17) is 0 Å². The molecule has 2 rings (SSSR count). The minimum absolute atomic E-state index is 0. The summed E-state index contributed by atoms with van der Waals surface area (Å²) in [4.78, 5) is 15.8. The zero-order valence-electron chi connectivity index (χ0n) is 10.3. The van der Waals surface area contributed by atoms with Crippen molar-refractivity contribution in [2.75, 3.05) is 13.1 Å². The molecule has 1 saturated heterocycles. The Balaban J connectivity index is 0.00000144. The summed E-state index contributed by atoms with van der Waals surface area (Å²) in [5, 5.41) is 6.34. The minimum atomic E-state index is -0.0337. The summed E-state index contributed by atoms with van der Waals surface area (Å²) < 4.78 is 0. The Hall–Kier alpha value is -0.840. The lowest BCUT2D eigenvalue weighted by Crippen LogP contribution is -2.50. The molecular weight excluding hydrogens is 273 g/mol. The standard InChI is InChI=1S/C12H17N3O.2ClH/c1-9-4-6-14-8-11(9)15-12(16)10-3-2-5-13-7-10;;/h2-3,5,7,9,11,14H,4,6,8H2,1H3,(H,15,16);2*1H. The molecule has 2 unspecified atom stereocenters. The van der Waals surface area contributed by atoms with Gasteiger partial charge >= 0.3 is 0 Å². The van der Waals surface area contributed by atoms with Gasteiger partial charge in [0.25, 0.3) is 5.91 Å². The SMILES string of the molecule is CC1CCNCC1NC(=O)c1cccnc1.Cl.Cl. The van der Waals surface area contributed by atoms with E-state index in [2.05, 4.69) is 22.5 Å². The smallest absolute Gasteiger partial charge is 0.253 e. The first-order valence-electron chi connectivity index (χ1n) is 5.69. The van der Waals surface area contributed by atoms with Crippen LogP contribution in [-0.4, -0.2) is 30.0 Å². The van der Waals surface area contributed by atoms with Gasteiger partial charge in [-0.25, -0.2) is 0 Å². The highest BCUT2D eigenvalue weighted by Gasteiger charge is 2.22. The third kappa shape index (κ3) is 4.44. The van der Waals surface area contributed by atoms with Crippen LogP contribution in [0.1, 0.15) is 23.7 Å². The van der Waals surface area contributed by atoms with E-state index >= 15 is 0 Å². The number of pyridine rings is 1. The van der Waals surface area contributed by atoms with E-state index in [-0.39, 0.29) is 36.8 Å². The van der Waals surface area contributed by atoms with E-state index in [1.165, 1.54) is 0 Å². The molecule has 0 radical (unpaired) electrons. The quantitative estimate of drug-likeness (QED) is 0.871. The Kier molecular flexibility index (Phi) is 7.91. The second-order valence-electron chi connectivity index (χ2n) is 4.29. The number of nitrogens with zero attached hydrogens (tertiary/aromatic N) is 1. The van der Waals surface area contributed by atoms with Gasteiger partial charge in [0.15, 0.2) is 0 Å². The zero-order valence-corrected chi connectivity index (χ0v) is 11.9. The van der Waals surface area contributed by atoms with Gasteiger partial charge in [0, 0.05) is 25.0 Å². The summed E-state index contributed by atoms with van der Waals surface area (Å²) in [7, 11) is 0. The van der Waals surface area contributed by atoms with Crippen LogP contribution < -0.4 is 10.6 Å². The first-order valence-corrected chi connectivity index (χ1v) is 5.69. The summed E-state index contributed by atoms with van der Waals surface area (Å²) in [5.74, 6) is 0.496. The van der Waals surface area contributed by atoms with Crippen molar-refractivity contribution in [1.29, 1.82) is 0 Å². The first-order chi connectivity index (χ1) is 7.77. The largest absolute Gasteiger partial charge is 0.348 e. The van der Waals surface area contributed by atoms with Crippen LogP contribution in [0.4, 0.5) is 0 Å². The Labute approximate surface area is 120 Å². The molecule has 1 aliphatic heterocycles. The highest BCUT2D eigenvalue weighted by Crippen LogP contribution is 2.11. The van der Waals surface area contributed by atoms with Crippen molar-refractivity contribution in [3.8, 4) is 0 Å². The van der Waals surface area contributed by atoms with Gasteiger partial charge in [0.2, 0.25) is 0 Å². The molecule has 0 aromatic carbocycles. The van der Waals surface area contributed by atoms with Crippen LogP contribution in [0.2, 0.25) is 0 Å². The number of rotatable bonds is 2. The minimum Gasteiger partial charge on any atom is -0.348 e. The molecule has 1 fully saturated rings. The highest BCUT2D eigenvalue weighted by atomic mass is 35.5. The summed E-state index contributed by atoms with van der Waals surface area (Å²) in [6.07, 6.45) is 4.37. The van der Waals surface area contributed by atoms with E-state index in [1.807, 2.05) is 0 Å². The van der Waals surface area contributed by atoms with Crippen LogP contribution >= 0.6 is 24.8 Å². The van der Waals surface area contributed by atoms with Gasteiger partial charge in [0.05, 0.1) is 5.56 Å². The maximum absolute atomic E-state index is 11.9. The molecular formula is C12H19Cl2N3O. The maximum Gasteiger partial charge on any atom is 0.253 e. The average Bonchev–Trinajstić information content (AvgIpc) is 2.33. The number of halogens is 2. The van der Waals surface area contributed by atoms with Crippen LogP contribution in [0.3, 0.4) is 0 Å². The van der Waals surface area contributed by atoms with Gasteiger partial charge in [-0.3, -0.25) is 9.78 Å². The van der Waals surface area contributed by atoms with E-state index in [0.29, 0.717) is 11.5 Å². The van der Waals surface area contributed by atoms with Gasteiger partial charge in [-0.05, 0) is 31.0 Å². The molecule has 4 nitrogen and oxygen atoms in total. The molecule has 2 N–H and O–H groups in total. The van der Waals surface area contributed by atoms with Gasteiger partial charge in [0.1, 0.15) is 0 Å². The number of hydrogen-bond acceptors (Lipinski definition) is 3. The van der Waals surface area contributed by atoms with E-state index in [1.54, 1.807) is 24.5 Å². The van der Waals surface area contributed by atoms with E-state index in [0.717, 1.165) is 19.5 Å². The lowest BCUT2D eigenvalue weighted by atomic mass is 9.94. The molecule has 2 heterocycles. The number of aromatic nitrogens is 1. The highest BCUT2D eigenvalue weighted by molar-refractivity contribution is 5.94. The van der Waals surface area contributed by atoms with Gasteiger partial charge in [-0.15, -0.1) is 24.8 Å². The normalized spacial score (nSPS) is 22.3. The topological polar surface area (TPSA) is 54.0 Å². The van der Waals surface area contributed by atoms with Crippen molar-refractivity contribution in [2.24, 2.45) is 5.92 Å². The van der Waals surface area contributed by atoms with Crippen LogP contribution in [0, 0.1) is 5.92 Å². The first kappa shape index (κ1) is 17.2. The number of nitrogens with one attached hydrogen (secondary N) is 2. The molecule has 0 saturated carbocycles. The van der Waals surface area contributed by atoms with Crippen LogP contribution in [0.5, 0.6) is 0 Å². The van der Waals surface area contributed by atoms with Gasteiger partial charge in [-0.1, -0.05) is 6.92 Å². The van der Waals surface area contributed by atoms with Gasteiger partial charge in [-0.2, -0.15) is 0 Å². The lowest BCUT2D eigenvalue weighted by Gasteiger charge is -2.30. The summed E-state index contributed by atoms with van der Waals surface area (Å²) in [5.41, 5.74) is 0.625. The van der Waals surface area contributed by atoms with Gasteiger partial charge < -0.3 is 10.6 Å². The average molecular weight is 292 g/mol. The maximum atomic E-state index is 11.9. The number of amides is 1. The predicted molar refractivity (Wildman–Crippen MR) is 76.6 cm³/mol. The van der Waals surface area contributed by atoms with E-state index < -0.39 is 0 Å². The Morgan fingerprint density at radius 3 is 2.89 bits per heavy atom. The molecule has 1 amide bonds. The van der Waals surface area contributed by atoms with Crippen LogP contribution in [0.25, 0.3) is 0 Å². The van der Waals surface area contributed by atoms with Crippen LogP contribution in [0.15, 0.2) is 24.5 Å². The molecule has 0 aliphatic carbocycles. The molecule has 1 aromatic heterocycles. The molecule has 0 bridgehead atoms. The number of hydrogen-bond donors (Lipinski definition) is 2. The predicted octanol–water partition coefficient (Wildman–Crippen LogP) is 1.65. The molecule has 6 heteroatoms. The molecule has 1 aliphatic rings. The monoisotopic (exact) mass is 291 g/mol. The fourth-order valence-electron chi connectivity index (χ4n) is 1.93. The van der Waals surface area contributed by atoms with Crippen molar-refractivity contribution < 1.29 is 4.79 Å². The number of carbonyl (C=O) groups is 1. The fraction of sp³-hybridized carbons (Fsp3) is 0.500. The third-order valence-electron chi connectivity index (χ3n) is 3.07. The Morgan fingerprint density at radius 1 is 1.50 bits per heavy atom. The Morgan fingerprint density at radius 2 is 2.28 bits per heavy atom. The van der Waals surface area contributed by atoms with Crippen molar-refractivity contribution in [3.05, 3.63) is 30.1 Å². The molecule has 2 atom stereocenters. The molecule has 102 valence electrons. The van der Waals surface area contributed by atoms with Crippen molar-refractivity contribution in [3.63, 3.8) is 0 Å². The summed E-state index contributed by atoms with van der Waals surface area (Å²) in [6, 6.07) is 3.78. The van der Waals surface area contributed by atoms with Crippen molar-refractivity contribution in [1.82, 2.24) is 15.6 Å². The molecule has 0 spiro atoms. The number of piperidine rings is 1. The number of carbonyl (C=O) groups excluding carboxylic acids is 1. The molecule has 1 aromatic rings. The summed E-state index contributed by atoms with van der Waals surface area (Å²) >= 11 is 0. The van der Waals surface area contributed by atoms with Crippen LogP contribution in [-0.2, 0) is 0 Å². The van der Waals surface area contributed by atoms with E-state index in [9.17, 15) is 4.79 Å².